The number of nitrogens with one attached hydrogen (secondary N) is 1. The average Bonchev–Trinajstić information content (AvgIpc) is 2.46. The van der Waals surface area contributed by atoms with Gasteiger partial charge < -0.3 is 10.1 Å². The predicted molar refractivity (Wildman–Crippen MR) is 77.0 cm³/mol. The molecule has 0 radical (unpaired) electrons. The van der Waals surface area contributed by atoms with Crippen LogP contribution in [0.5, 0.6) is 0 Å². The molecule has 1 N–H and O–H groups in total. The molecule has 3 nitrogen and oxygen atoms in total. The third kappa shape index (κ3) is 2.79. The Hall–Kier alpha value is -1.58. The normalized spacial score (nSPS) is 26.1. The zero-order valence-electron chi connectivity index (χ0n) is 12.1. The number of ether oxygens (including phenoxy) is 1. The van der Waals surface area contributed by atoms with Gasteiger partial charge in [-0.05, 0) is 37.0 Å². The van der Waals surface area contributed by atoms with E-state index in [1.54, 1.807) is 12.1 Å². The van der Waals surface area contributed by atoms with Crippen LogP contribution in [0.15, 0.2) is 24.3 Å². The summed E-state index contributed by atoms with van der Waals surface area (Å²) in [7, 11) is 1.42. The van der Waals surface area contributed by atoms with Gasteiger partial charge in [-0.3, -0.25) is 0 Å². The molecule has 20 heavy (non-hydrogen) atoms. The molecule has 0 aromatic heterocycles. The summed E-state index contributed by atoms with van der Waals surface area (Å²) in [5.41, 5.74) is -0.0917. The molecule has 2 atom stereocenters. The summed E-state index contributed by atoms with van der Waals surface area (Å²) in [6.07, 6.45) is 4.73. The molecule has 1 saturated carbocycles. The maximum absolute atomic E-state index is 13.4. The molecule has 1 aliphatic rings. The second-order valence-electron chi connectivity index (χ2n) is 5.45. The highest BCUT2D eigenvalue weighted by Crippen LogP contribution is 2.39. The number of carbonyl (C=O) groups is 1. The zero-order chi connectivity index (χ0) is 14.6. The monoisotopic (exact) mass is 279 g/mol. The van der Waals surface area contributed by atoms with Crippen molar-refractivity contribution in [2.24, 2.45) is 5.92 Å². The zero-order valence-corrected chi connectivity index (χ0v) is 12.1. The van der Waals surface area contributed by atoms with Crippen LogP contribution in [-0.2, 0) is 9.53 Å². The topological polar surface area (TPSA) is 38.3 Å². The van der Waals surface area contributed by atoms with Crippen molar-refractivity contribution < 1.29 is 13.9 Å². The highest BCUT2D eigenvalue weighted by molar-refractivity contribution is 5.85. The van der Waals surface area contributed by atoms with Crippen molar-refractivity contribution in [1.29, 1.82) is 0 Å². The van der Waals surface area contributed by atoms with Crippen molar-refractivity contribution in [2.75, 3.05) is 12.4 Å². The molecule has 4 heteroatoms. The molecule has 1 aromatic rings. The van der Waals surface area contributed by atoms with Crippen LogP contribution in [0.25, 0.3) is 0 Å². The van der Waals surface area contributed by atoms with Gasteiger partial charge in [0.1, 0.15) is 11.4 Å². The SMILES string of the molecule is CCC1CCCCC1(Nc1cccc(F)c1)C(=O)OC. The largest absolute Gasteiger partial charge is 0.467 e. The minimum Gasteiger partial charge on any atom is -0.467 e. The van der Waals surface area contributed by atoms with Crippen LogP contribution in [0.4, 0.5) is 10.1 Å². The summed E-state index contributed by atoms with van der Waals surface area (Å²) < 4.78 is 18.4. The van der Waals surface area contributed by atoms with Crippen molar-refractivity contribution in [3.8, 4) is 0 Å². The van der Waals surface area contributed by atoms with E-state index in [9.17, 15) is 9.18 Å². The van der Waals surface area contributed by atoms with Crippen LogP contribution in [0.1, 0.15) is 39.0 Å². The van der Waals surface area contributed by atoms with E-state index in [4.69, 9.17) is 4.74 Å². The fourth-order valence-corrected chi connectivity index (χ4v) is 3.29. The Balaban J connectivity index is 2.33. The smallest absolute Gasteiger partial charge is 0.331 e. The van der Waals surface area contributed by atoms with Crippen molar-refractivity contribution >= 4 is 11.7 Å². The van der Waals surface area contributed by atoms with Gasteiger partial charge in [0, 0.05) is 5.69 Å². The number of methoxy groups -OCH3 is 1. The number of halogens is 1. The summed E-state index contributed by atoms with van der Waals surface area (Å²) in [5, 5.41) is 3.27. The molecule has 0 bridgehead atoms. The van der Waals surface area contributed by atoms with Crippen LogP contribution < -0.4 is 5.32 Å². The van der Waals surface area contributed by atoms with Gasteiger partial charge in [-0.1, -0.05) is 32.3 Å². The number of esters is 1. The Morgan fingerprint density at radius 1 is 1.50 bits per heavy atom. The van der Waals surface area contributed by atoms with Gasteiger partial charge >= 0.3 is 5.97 Å². The molecule has 0 aliphatic heterocycles. The Morgan fingerprint density at radius 2 is 2.30 bits per heavy atom. The Labute approximate surface area is 119 Å². The Morgan fingerprint density at radius 3 is 2.95 bits per heavy atom. The molecular weight excluding hydrogens is 257 g/mol. The third-order valence-corrected chi connectivity index (χ3v) is 4.31. The summed E-state index contributed by atoms with van der Waals surface area (Å²) in [6, 6.07) is 6.25. The van der Waals surface area contributed by atoms with E-state index in [0.717, 1.165) is 32.1 Å². The quantitative estimate of drug-likeness (QED) is 0.853. The van der Waals surface area contributed by atoms with Crippen molar-refractivity contribution in [2.45, 2.75) is 44.6 Å². The highest BCUT2D eigenvalue weighted by atomic mass is 19.1. The molecular formula is C16H22FNO2. The lowest BCUT2D eigenvalue weighted by Crippen LogP contribution is -2.54. The molecule has 110 valence electrons. The van der Waals surface area contributed by atoms with Crippen molar-refractivity contribution in [1.82, 2.24) is 0 Å². The van der Waals surface area contributed by atoms with Gasteiger partial charge in [-0.15, -0.1) is 0 Å². The lowest BCUT2D eigenvalue weighted by molar-refractivity contribution is -0.149. The van der Waals surface area contributed by atoms with E-state index in [1.807, 2.05) is 0 Å². The predicted octanol–water partition coefficient (Wildman–Crippen LogP) is 3.75. The summed E-state index contributed by atoms with van der Waals surface area (Å²) in [4.78, 5) is 12.4. The van der Waals surface area contributed by atoms with E-state index in [0.29, 0.717) is 5.69 Å². The molecule has 0 saturated heterocycles. The Kier molecular flexibility index (Phi) is 4.63. The number of anilines is 1. The minimum atomic E-state index is -0.727. The number of benzene rings is 1. The van der Waals surface area contributed by atoms with Gasteiger partial charge in [0.25, 0.3) is 0 Å². The molecule has 1 aromatic carbocycles. The van der Waals surface area contributed by atoms with E-state index in [2.05, 4.69) is 12.2 Å². The van der Waals surface area contributed by atoms with Gasteiger partial charge in [0.2, 0.25) is 0 Å². The van der Waals surface area contributed by atoms with Gasteiger partial charge in [-0.2, -0.15) is 0 Å². The molecule has 0 spiro atoms. The summed E-state index contributed by atoms with van der Waals surface area (Å²) in [5.74, 6) is -0.334. The molecule has 2 rings (SSSR count). The first-order chi connectivity index (χ1) is 9.62. The van der Waals surface area contributed by atoms with E-state index in [-0.39, 0.29) is 17.7 Å². The lowest BCUT2D eigenvalue weighted by Gasteiger charge is -2.42. The molecule has 0 heterocycles. The van der Waals surface area contributed by atoms with Crippen LogP contribution in [0, 0.1) is 11.7 Å². The molecule has 0 amide bonds. The molecule has 1 fully saturated rings. The van der Waals surface area contributed by atoms with Gasteiger partial charge in [-0.25, -0.2) is 9.18 Å². The summed E-state index contributed by atoms with van der Waals surface area (Å²) in [6.45, 7) is 2.08. The minimum absolute atomic E-state index is 0.215. The van der Waals surface area contributed by atoms with Crippen LogP contribution in [-0.4, -0.2) is 18.6 Å². The maximum atomic E-state index is 13.4. The average molecular weight is 279 g/mol. The second-order valence-corrected chi connectivity index (χ2v) is 5.45. The van der Waals surface area contributed by atoms with E-state index in [1.165, 1.54) is 19.2 Å². The first kappa shape index (κ1) is 14.8. The van der Waals surface area contributed by atoms with Crippen LogP contribution in [0.2, 0.25) is 0 Å². The molecule has 2 unspecified atom stereocenters. The Bertz CT molecular complexity index is 477. The van der Waals surface area contributed by atoms with E-state index >= 15 is 0 Å². The maximum Gasteiger partial charge on any atom is 0.331 e. The van der Waals surface area contributed by atoms with Gasteiger partial charge in [0.15, 0.2) is 0 Å². The summed E-state index contributed by atoms with van der Waals surface area (Å²) >= 11 is 0. The first-order valence-electron chi connectivity index (χ1n) is 7.24. The number of rotatable bonds is 4. The standard InChI is InChI=1S/C16H22FNO2/c1-3-12-7-4-5-10-16(12,15(19)20-2)18-14-9-6-8-13(17)11-14/h6,8-9,11-12,18H,3-5,7,10H2,1-2H3. The lowest BCUT2D eigenvalue weighted by atomic mass is 9.71. The highest BCUT2D eigenvalue weighted by Gasteiger charge is 2.47. The van der Waals surface area contributed by atoms with E-state index < -0.39 is 5.54 Å². The van der Waals surface area contributed by atoms with Crippen LogP contribution >= 0.6 is 0 Å². The van der Waals surface area contributed by atoms with Crippen molar-refractivity contribution in [3.63, 3.8) is 0 Å². The van der Waals surface area contributed by atoms with Crippen molar-refractivity contribution in [3.05, 3.63) is 30.1 Å². The number of hydrogen-bond donors (Lipinski definition) is 1. The number of hydrogen-bond acceptors (Lipinski definition) is 3. The fraction of sp³-hybridized carbons (Fsp3) is 0.562. The third-order valence-electron chi connectivity index (χ3n) is 4.31. The number of carbonyl (C=O) groups excluding carboxylic acids is 1. The first-order valence-corrected chi connectivity index (χ1v) is 7.24. The van der Waals surface area contributed by atoms with Crippen LogP contribution in [0.3, 0.4) is 0 Å². The molecule has 1 aliphatic carbocycles. The fourth-order valence-electron chi connectivity index (χ4n) is 3.29. The second kappa shape index (κ2) is 6.25. The van der Waals surface area contributed by atoms with Gasteiger partial charge in [0.05, 0.1) is 7.11 Å².